The van der Waals surface area contributed by atoms with Crippen LogP contribution in [-0.4, -0.2) is 53.8 Å². The van der Waals surface area contributed by atoms with Gasteiger partial charge in [0.05, 0.1) is 22.4 Å². The van der Waals surface area contributed by atoms with Gasteiger partial charge in [0.15, 0.2) is 0 Å². The van der Waals surface area contributed by atoms with Crippen molar-refractivity contribution in [1.82, 2.24) is 14.3 Å². The lowest BCUT2D eigenvalue weighted by Crippen LogP contribution is -2.44. The normalized spacial score (nSPS) is 13.1. The number of carbonyl (C=O) groups excluding carboxylic acids is 1. The number of aryl methyl sites for hydroxylation is 1. The molecule has 2 aromatic rings. The van der Waals surface area contributed by atoms with Crippen molar-refractivity contribution in [3.63, 3.8) is 0 Å². The number of sulfonamides is 2. The molecule has 0 aliphatic carbocycles. The largest absolute Gasteiger partial charge is 0.494 e. The maximum atomic E-state index is 12.6. The van der Waals surface area contributed by atoms with E-state index in [0.29, 0.717) is 23.5 Å². The highest BCUT2D eigenvalue weighted by molar-refractivity contribution is 7.89. The molecule has 2 N–H and O–H groups in total. The lowest BCUT2D eigenvalue weighted by Gasteiger charge is -2.16. The SMILES string of the molecule is CCOc1ccc(S(=O)(=O)NC(C)C(=O)NCc2ccc(S(=O)(=O)N(C)C)cc2)cc1C. The topological polar surface area (TPSA) is 122 Å². The van der Waals surface area contributed by atoms with Crippen LogP contribution in [0.3, 0.4) is 0 Å². The number of rotatable bonds is 10. The fraction of sp³-hybridized carbons (Fsp3) is 0.381. The van der Waals surface area contributed by atoms with E-state index in [4.69, 9.17) is 4.74 Å². The van der Waals surface area contributed by atoms with Gasteiger partial charge in [0.1, 0.15) is 5.75 Å². The van der Waals surface area contributed by atoms with Gasteiger partial charge < -0.3 is 10.1 Å². The molecule has 0 radical (unpaired) electrons. The van der Waals surface area contributed by atoms with Crippen LogP contribution in [0.4, 0.5) is 0 Å². The highest BCUT2D eigenvalue weighted by atomic mass is 32.2. The third-order valence-corrected chi connectivity index (χ3v) is 8.02. The average Bonchev–Trinajstić information content (AvgIpc) is 2.73. The van der Waals surface area contributed by atoms with Crippen LogP contribution in [0.25, 0.3) is 0 Å². The van der Waals surface area contributed by atoms with Gasteiger partial charge in [-0.05, 0) is 62.2 Å². The monoisotopic (exact) mass is 483 g/mol. The van der Waals surface area contributed by atoms with Gasteiger partial charge in [0, 0.05) is 20.6 Å². The lowest BCUT2D eigenvalue weighted by molar-refractivity contribution is -0.122. The Morgan fingerprint density at radius 1 is 1.03 bits per heavy atom. The minimum atomic E-state index is -3.91. The first-order valence-electron chi connectivity index (χ1n) is 9.93. The van der Waals surface area contributed by atoms with Gasteiger partial charge in [0.2, 0.25) is 26.0 Å². The Kier molecular flexibility index (Phi) is 8.41. The predicted octanol–water partition coefficient (Wildman–Crippen LogP) is 1.63. The van der Waals surface area contributed by atoms with E-state index in [2.05, 4.69) is 10.0 Å². The second-order valence-electron chi connectivity index (χ2n) is 7.35. The second-order valence-corrected chi connectivity index (χ2v) is 11.2. The van der Waals surface area contributed by atoms with E-state index in [1.54, 1.807) is 25.1 Å². The molecule has 0 saturated heterocycles. The number of carbonyl (C=O) groups is 1. The van der Waals surface area contributed by atoms with Crippen LogP contribution in [-0.2, 0) is 31.4 Å². The lowest BCUT2D eigenvalue weighted by atomic mass is 10.2. The molecule has 11 heteroatoms. The maximum Gasteiger partial charge on any atom is 0.242 e. The quantitative estimate of drug-likeness (QED) is 0.530. The molecule has 9 nitrogen and oxygen atoms in total. The third kappa shape index (κ3) is 6.28. The molecule has 0 heterocycles. The van der Waals surface area contributed by atoms with Gasteiger partial charge in [-0.25, -0.2) is 21.1 Å². The number of amides is 1. The molecular formula is C21H29N3O6S2. The highest BCUT2D eigenvalue weighted by Gasteiger charge is 2.23. The fourth-order valence-corrected chi connectivity index (χ4v) is 4.98. The molecule has 0 saturated carbocycles. The Balaban J connectivity index is 2.00. The van der Waals surface area contributed by atoms with Gasteiger partial charge in [-0.2, -0.15) is 4.72 Å². The Hall–Kier alpha value is -2.47. The molecule has 0 aliphatic rings. The highest BCUT2D eigenvalue weighted by Crippen LogP contribution is 2.22. The van der Waals surface area contributed by atoms with Crippen LogP contribution in [0.15, 0.2) is 52.3 Å². The molecule has 1 amide bonds. The van der Waals surface area contributed by atoms with Crippen molar-refractivity contribution < 1.29 is 26.4 Å². The summed E-state index contributed by atoms with van der Waals surface area (Å²) in [6, 6.07) is 9.57. The average molecular weight is 484 g/mol. The zero-order chi connectivity index (χ0) is 24.1. The Bertz CT molecular complexity index is 1160. The van der Waals surface area contributed by atoms with Crippen LogP contribution in [0, 0.1) is 6.92 Å². The van der Waals surface area contributed by atoms with Gasteiger partial charge in [-0.1, -0.05) is 12.1 Å². The summed E-state index contributed by atoms with van der Waals surface area (Å²) < 4.78 is 58.4. The fourth-order valence-electron chi connectivity index (χ4n) is 2.79. The molecule has 0 fully saturated rings. The number of benzene rings is 2. The van der Waals surface area contributed by atoms with E-state index in [0.717, 1.165) is 4.31 Å². The third-order valence-electron chi connectivity index (χ3n) is 4.65. The van der Waals surface area contributed by atoms with Crippen molar-refractivity contribution in [2.24, 2.45) is 0 Å². The molecule has 1 atom stereocenters. The first kappa shape index (κ1) is 25.8. The van der Waals surface area contributed by atoms with E-state index < -0.39 is 32.0 Å². The van der Waals surface area contributed by atoms with Crippen molar-refractivity contribution in [2.75, 3.05) is 20.7 Å². The summed E-state index contributed by atoms with van der Waals surface area (Å²) in [7, 11) is -4.55. The van der Waals surface area contributed by atoms with Gasteiger partial charge in [-0.15, -0.1) is 0 Å². The van der Waals surface area contributed by atoms with Crippen molar-refractivity contribution in [2.45, 2.75) is 43.1 Å². The van der Waals surface area contributed by atoms with E-state index >= 15 is 0 Å². The van der Waals surface area contributed by atoms with Crippen molar-refractivity contribution in [3.8, 4) is 5.75 Å². The Morgan fingerprint density at radius 2 is 1.62 bits per heavy atom. The summed E-state index contributed by atoms with van der Waals surface area (Å²) in [5, 5.41) is 2.65. The van der Waals surface area contributed by atoms with Crippen LogP contribution in [0.5, 0.6) is 5.75 Å². The van der Waals surface area contributed by atoms with Crippen molar-refractivity contribution >= 4 is 26.0 Å². The minimum Gasteiger partial charge on any atom is -0.494 e. The number of nitrogens with zero attached hydrogens (tertiary/aromatic N) is 1. The molecule has 1 unspecified atom stereocenters. The zero-order valence-corrected chi connectivity index (χ0v) is 20.4. The van der Waals surface area contributed by atoms with Crippen LogP contribution in [0.2, 0.25) is 0 Å². The summed E-state index contributed by atoms with van der Waals surface area (Å²) in [5.74, 6) is 0.0860. The van der Waals surface area contributed by atoms with Crippen LogP contribution >= 0.6 is 0 Å². The Morgan fingerprint density at radius 3 is 2.16 bits per heavy atom. The molecule has 2 aromatic carbocycles. The number of ether oxygens (including phenoxy) is 1. The van der Waals surface area contributed by atoms with E-state index in [1.807, 2.05) is 6.92 Å². The van der Waals surface area contributed by atoms with Gasteiger partial charge >= 0.3 is 0 Å². The molecule has 0 aromatic heterocycles. The van der Waals surface area contributed by atoms with Crippen LogP contribution < -0.4 is 14.8 Å². The molecular weight excluding hydrogens is 454 g/mol. The number of hydrogen-bond acceptors (Lipinski definition) is 6. The van der Waals surface area contributed by atoms with Crippen molar-refractivity contribution in [3.05, 3.63) is 53.6 Å². The van der Waals surface area contributed by atoms with Crippen LogP contribution in [0.1, 0.15) is 25.0 Å². The summed E-state index contributed by atoms with van der Waals surface area (Å²) in [6.45, 7) is 5.62. The molecule has 2 rings (SSSR count). The van der Waals surface area contributed by atoms with E-state index in [9.17, 15) is 21.6 Å². The summed E-state index contributed by atoms with van der Waals surface area (Å²) in [4.78, 5) is 12.6. The second kappa shape index (κ2) is 10.4. The van der Waals surface area contributed by atoms with Gasteiger partial charge in [-0.3, -0.25) is 4.79 Å². The predicted molar refractivity (Wildman–Crippen MR) is 121 cm³/mol. The first-order chi connectivity index (χ1) is 14.9. The van der Waals surface area contributed by atoms with Crippen molar-refractivity contribution in [1.29, 1.82) is 0 Å². The summed E-state index contributed by atoms with van der Waals surface area (Å²) in [5.41, 5.74) is 1.35. The first-order valence-corrected chi connectivity index (χ1v) is 12.9. The molecule has 0 aliphatic heterocycles. The smallest absolute Gasteiger partial charge is 0.242 e. The summed E-state index contributed by atoms with van der Waals surface area (Å²) >= 11 is 0. The van der Waals surface area contributed by atoms with Gasteiger partial charge in [0.25, 0.3) is 0 Å². The number of hydrogen-bond donors (Lipinski definition) is 2. The summed E-state index contributed by atoms with van der Waals surface area (Å²) in [6.07, 6.45) is 0. The molecule has 32 heavy (non-hydrogen) atoms. The molecule has 176 valence electrons. The standard InChI is InChI=1S/C21H29N3O6S2/c1-6-30-20-12-11-19(13-15(20)2)31(26,27)23-16(3)21(25)22-14-17-7-9-18(10-8-17)32(28,29)24(4)5/h7-13,16,23H,6,14H2,1-5H3,(H,22,25). The maximum absolute atomic E-state index is 12.6. The molecule has 0 bridgehead atoms. The zero-order valence-electron chi connectivity index (χ0n) is 18.7. The van der Waals surface area contributed by atoms with E-state index in [1.165, 1.54) is 45.3 Å². The van der Waals surface area contributed by atoms with E-state index in [-0.39, 0.29) is 16.3 Å². The molecule has 0 spiro atoms. The number of nitrogens with one attached hydrogen (secondary N) is 2. The minimum absolute atomic E-state index is 0.0378. The Labute approximate surface area is 189 Å².